The van der Waals surface area contributed by atoms with Gasteiger partial charge in [-0.15, -0.1) is 0 Å². The van der Waals surface area contributed by atoms with E-state index in [9.17, 15) is 9.59 Å². The van der Waals surface area contributed by atoms with E-state index in [1.165, 1.54) is 0 Å². The first kappa shape index (κ1) is 12.0. The summed E-state index contributed by atoms with van der Waals surface area (Å²) in [7, 11) is 3.79. The first-order valence-corrected chi connectivity index (χ1v) is 5.11. The largest absolute Gasteiger partial charge is 0.481 e. The molecule has 0 saturated heterocycles. The van der Waals surface area contributed by atoms with Crippen LogP contribution in [0.25, 0.3) is 0 Å². The van der Waals surface area contributed by atoms with Gasteiger partial charge in [-0.1, -0.05) is 0 Å². The van der Waals surface area contributed by atoms with Gasteiger partial charge in [0, 0.05) is 19.5 Å². The van der Waals surface area contributed by atoms with E-state index in [0.29, 0.717) is 25.8 Å². The van der Waals surface area contributed by atoms with Gasteiger partial charge in [-0.05, 0) is 26.9 Å². The highest BCUT2D eigenvalue weighted by molar-refractivity contribution is 5.80. The summed E-state index contributed by atoms with van der Waals surface area (Å²) in [6, 6.07) is 0. The topological polar surface area (TPSA) is 69.6 Å². The predicted octanol–water partition coefficient (Wildman–Crippen LogP) is -0.0809. The van der Waals surface area contributed by atoms with Crippen molar-refractivity contribution in [1.82, 2.24) is 10.2 Å². The number of hydrogen-bond donors (Lipinski definition) is 2. The number of carbonyl (C=O) groups is 2. The zero-order valence-corrected chi connectivity index (χ0v) is 9.25. The zero-order valence-electron chi connectivity index (χ0n) is 9.25. The normalized spacial score (nSPS) is 17.5. The summed E-state index contributed by atoms with van der Waals surface area (Å²) in [6.07, 6.45) is 1.77. The average Bonchev–Trinajstić information content (AvgIpc) is 2.92. The zero-order chi connectivity index (χ0) is 11.5. The molecule has 0 bridgehead atoms. The fourth-order valence-electron chi connectivity index (χ4n) is 1.30. The Hall–Kier alpha value is -1.10. The lowest BCUT2D eigenvalue weighted by atomic mass is 10.1. The lowest BCUT2D eigenvalue weighted by molar-refractivity contribution is -0.143. The lowest BCUT2D eigenvalue weighted by Crippen LogP contribution is -2.35. The molecule has 1 aliphatic carbocycles. The number of rotatable bonds is 6. The minimum absolute atomic E-state index is 0.0729. The Morgan fingerprint density at radius 3 is 2.40 bits per heavy atom. The van der Waals surface area contributed by atoms with Crippen LogP contribution < -0.4 is 5.32 Å². The molecule has 0 aromatic heterocycles. The van der Waals surface area contributed by atoms with E-state index in [4.69, 9.17) is 5.11 Å². The maximum atomic E-state index is 11.3. The molecule has 0 aromatic rings. The highest BCUT2D eigenvalue weighted by atomic mass is 16.4. The Bertz CT molecular complexity index is 259. The van der Waals surface area contributed by atoms with Crippen LogP contribution in [0.15, 0.2) is 0 Å². The van der Waals surface area contributed by atoms with Crippen molar-refractivity contribution in [2.75, 3.05) is 27.2 Å². The third-order valence-corrected chi connectivity index (χ3v) is 2.72. The highest BCUT2D eigenvalue weighted by Gasteiger charge is 2.50. The third kappa shape index (κ3) is 3.51. The number of carboxylic acid groups (broad SMARTS) is 1. The molecule has 1 rings (SSSR count). The van der Waals surface area contributed by atoms with Gasteiger partial charge < -0.3 is 15.3 Å². The van der Waals surface area contributed by atoms with Crippen LogP contribution >= 0.6 is 0 Å². The standard InChI is InChI=1S/C10H18N2O3/c1-12(2)6-3-8(13)11-7-10(4-5-10)9(14)15/h3-7H2,1-2H3,(H,11,13)(H,14,15). The maximum Gasteiger partial charge on any atom is 0.311 e. The van der Waals surface area contributed by atoms with Gasteiger partial charge in [-0.2, -0.15) is 0 Å². The summed E-state index contributed by atoms with van der Waals surface area (Å²) in [5.41, 5.74) is -0.659. The molecule has 0 unspecified atom stereocenters. The van der Waals surface area contributed by atoms with E-state index in [1.54, 1.807) is 0 Å². The van der Waals surface area contributed by atoms with Crippen LogP contribution in [-0.2, 0) is 9.59 Å². The second-order valence-corrected chi connectivity index (χ2v) is 4.42. The van der Waals surface area contributed by atoms with Crippen molar-refractivity contribution >= 4 is 11.9 Å². The molecular weight excluding hydrogens is 196 g/mol. The van der Waals surface area contributed by atoms with Crippen molar-refractivity contribution in [1.29, 1.82) is 0 Å². The molecule has 1 aliphatic rings. The van der Waals surface area contributed by atoms with Crippen LogP contribution in [-0.4, -0.2) is 49.1 Å². The van der Waals surface area contributed by atoms with Crippen LogP contribution in [0, 0.1) is 5.41 Å². The summed E-state index contributed by atoms with van der Waals surface area (Å²) in [5, 5.41) is 11.6. The van der Waals surface area contributed by atoms with Crippen molar-refractivity contribution in [2.24, 2.45) is 5.41 Å². The fraction of sp³-hybridized carbons (Fsp3) is 0.800. The molecule has 1 amide bonds. The van der Waals surface area contributed by atoms with Crippen LogP contribution in [0.3, 0.4) is 0 Å². The number of nitrogens with one attached hydrogen (secondary N) is 1. The van der Waals surface area contributed by atoms with Crippen molar-refractivity contribution in [3.63, 3.8) is 0 Å². The number of hydrogen-bond acceptors (Lipinski definition) is 3. The first-order valence-electron chi connectivity index (χ1n) is 5.11. The quantitative estimate of drug-likeness (QED) is 0.649. The molecule has 0 atom stereocenters. The minimum atomic E-state index is -0.796. The van der Waals surface area contributed by atoms with Gasteiger partial charge in [0.25, 0.3) is 0 Å². The molecule has 0 aromatic carbocycles. The SMILES string of the molecule is CN(C)CCC(=O)NCC1(C(=O)O)CC1. The van der Waals surface area contributed by atoms with Gasteiger partial charge in [0.15, 0.2) is 0 Å². The van der Waals surface area contributed by atoms with Gasteiger partial charge in [-0.25, -0.2) is 0 Å². The van der Waals surface area contributed by atoms with E-state index in [-0.39, 0.29) is 12.5 Å². The second kappa shape index (κ2) is 4.61. The molecule has 86 valence electrons. The molecule has 0 heterocycles. The molecule has 5 nitrogen and oxygen atoms in total. The summed E-state index contributed by atoms with van der Waals surface area (Å²) < 4.78 is 0. The smallest absolute Gasteiger partial charge is 0.311 e. The molecular formula is C10H18N2O3. The Morgan fingerprint density at radius 2 is 2.00 bits per heavy atom. The van der Waals surface area contributed by atoms with Crippen LogP contribution in [0.5, 0.6) is 0 Å². The van der Waals surface area contributed by atoms with E-state index in [0.717, 1.165) is 0 Å². The van der Waals surface area contributed by atoms with Gasteiger partial charge in [-0.3, -0.25) is 9.59 Å². The van der Waals surface area contributed by atoms with Crippen LogP contribution in [0.1, 0.15) is 19.3 Å². The fourth-order valence-corrected chi connectivity index (χ4v) is 1.30. The van der Waals surface area contributed by atoms with Crippen molar-refractivity contribution in [3.05, 3.63) is 0 Å². The van der Waals surface area contributed by atoms with Crippen molar-refractivity contribution < 1.29 is 14.7 Å². The first-order chi connectivity index (χ1) is 6.96. The third-order valence-electron chi connectivity index (χ3n) is 2.72. The number of amides is 1. The summed E-state index contributed by atoms with van der Waals surface area (Å²) in [4.78, 5) is 24.0. The summed E-state index contributed by atoms with van der Waals surface area (Å²) in [5.74, 6) is -0.869. The maximum absolute atomic E-state index is 11.3. The molecule has 15 heavy (non-hydrogen) atoms. The molecule has 0 spiro atoms. The molecule has 1 fully saturated rings. The number of aliphatic carboxylic acids is 1. The van der Waals surface area contributed by atoms with Crippen LogP contribution in [0.2, 0.25) is 0 Å². The van der Waals surface area contributed by atoms with Crippen molar-refractivity contribution in [3.8, 4) is 0 Å². The predicted molar refractivity (Wildman–Crippen MR) is 55.5 cm³/mol. The number of nitrogens with zero attached hydrogens (tertiary/aromatic N) is 1. The van der Waals surface area contributed by atoms with E-state index >= 15 is 0 Å². The van der Waals surface area contributed by atoms with Gasteiger partial charge in [0.05, 0.1) is 5.41 Å². The van der Waals surface area contributed by atoms with Crippen LogP contribution in [0.4, 0.5) is 0 Å². The Balaban J connectivity index is 2.20. The Kier molecular flexibility index (Phi) is 3.68. The lowest BCUT2D eigenvalue weighted by Gasteiger charge is -2.12. The van der Waals surface area contributed by atoms with Crippen molar-refractivity contribution in [2.45, 2.75) is 19.3 Å². The van der Waals surface area contributed by atoms with E-state index in [2.05, 4.69) is 5.32 Å². The minimum Gasteiger partial charge on any atom is -0.481 e. The van der Waals surface area contributed by atoms with Gasteiger partial charge in [0.2, 0.25) is 5.91 Å². The molecule has 2 N–H and O–H groups in total. The summed E-state index contributed by atoms with van der Waals surface area (Å²) >= 11 is 0. The van der Waals surface area contributed by atoms with E-state index < -0.39 is 11.4 Å². The number of carboxylic acids is 1. The van der Waals surface area contributed by atoms with Gasteiger partial charge in [0.1, 0.15) is 0 Å². The molecule has 5 heteroatoms. The second-order valence-electron chi connectivity index (χ2n) is 4.42. The average molecular weight is 214 g/mol. The Morgan fingerprint density at radius 1 is 1.40 bits per heavy atom. The number of carbonyl (C=O) groups excluding carboxylic acids is 1. The Labute approximate surface area is 89.4 Å². The molecule has 0 aliphatic heterocycles. The molecule has 1 saturated carbocycles. The summed E-state index contributed by atoms with van der Waals surface area (Å²) in [6.45, 7) is 0.959. The van der Waals surface area contributed by atoms with E-state index in [1.807, 2.05) is 19.0 Å². The molecule has 0 radical (unpaired) electrons. The van der Waals surface area contributed by atoms with Gasteiger partial charge >= 0.3 is 5.97 Å². The highest BCUT2D eigenvalue weighted by Crippen LogP contribution is 2.45. The monoisotopic (exact) mass is 214 g/mol.